The van der Waals surface area contributed by atoms with Gasteiger partial charge < -0.3 is 15.2 Å². The van der Waals surface area contributed by atoms with Crippen molar-refractivity contribution in [2.24, 2.45) is 0 Å². The maximum absolute atomic E-state index is 6.25. The molecule has 1 saturated heterocycles. The van der Waals surface area contributed by atoms with Crippen molar-refractivity contribution in [3.8, 4) is 0 Å². The van der Waals surface area contributed by atoms with Crippen LogP contribution in [0.3, 0.4) is 0 Å². The molecule has 1 aromatic carbocycles. The van der Waals surface area contributed by atoms with Crippen LogP contribution in [0.15, 0.2) is 24.4 Å². The van der Waals surface area contributed by atoms with Crippen LogP contribution in [-0.2, 0) is 0 Å². The second-order valence-electron chi connectivity index (χ2n) is 6.53. The number of nitrogens with one attached hydrogen (secondary N) is 2. The first kappa shape index (κ1) is 16.3. The van der Waals surface area contributed by atoms with E-state index in [4.69, 9.17) is 11.6 Å². The fourth-order valence-corrected chi connectivity index (χ4v) is 3.34. The maximum atomic E-state index is 6.25. The van der Waals surface area contributed by atoms with Crippen LogP contribution in [0.4, 0.5) is 5.69 Å². The molecule has 1 atom stereocenters. The Morgan fingerprint density at radius 2 is 2.04 bits per heavy atom. The molecule has 1 unspecified atom stereocenters. The van der Waals surface area contributed by atoms with E-state index in [0.717, 1.165) is 48.0 Å². The number of H-pyrrole nitrogens is 1. The van der Waals surface area contributed by atoms with Gasteiger partial charge in [0.2, 0.25) is 0 Å². The zero-order chi connectivity index (χ0) is 16.4. The Balaban J connectivity index is 1.54. The summed E-state index contributed by atoms with van der Waals surface area (Å²) in [6.07, 6.45) is 4.16. The minimum Gasteiger partial charge on any atom is -0.371 e. The fourth-order valence-electron chi connectivity index (χ4n) is 3.17. The number of hydrogen-bond acceptors (Lipinski definition) is 3. The third-order valence-electron chi connectivity index (χ3n) is 4.63. The van der Waals surface area contributed by atoms with Crippen molar-refractivity contribution in [1.82, 2.24) is 15.3 Å². The smallest absolute Gasteiger partial charge is 0.123 e. The van der Waals surface area contributed by atoms with Crippen molar-refractivity contribution in [2.75, 3.05) is 18.0 Å². The Bertz CT molecular complexity index is 659. The first-order chi connectivity index (χ1) is 11.0. The van der Waals surface area contributed by atoms with Crippen LogP contribution >= 0.6 is 11.6 Å². The lowest BCUT2D eigenvalue weighted by Crippen LogP contribution is -2.43. The average Bonchev–Trinajstić information content (AvgIpc) is 2.97. The summed E-state index contributed by atoms with van der Waals surface area (Å²) in [7, 11) is 0. The zero-order valence-corrected chi connectivity index (χ0v) is 14.8. The summed E-state index contributed by atoms with van der Waals surface area (Å²) in [6, 6.07) is 7.15. The second kappa shape index (κ2) is 6.93. The molecule has 2 heterocycles. The lowest BCUT2D eigenvalue weighted by atomic mass is 10.0. The van der Waals surface area contributed by atoms with E-state index in [0.29, 0.717) is 6.04 Å². The molecule has 124 valence electrons. The standard InChI is InChI=1S/C18H25ClN4/c1-12-4-5-16(10-17(12)19)23-8-6-15(7-9-23)22-14(3)18-20-11-13(2)21-18/h4-5,10-11,14-15,22H,6-9H2,1-3H3,(H,20,21). The molecule has 0 amide bonds. The van der Waals surface area contributed by atoms with Crippen molar-refractivity contribution in [1.29, 1.82) is 0 Å². The molecule has 2 aromatic rings. The molecule has 3 rings (SSSR count). The number of imidazole rings is 1. The summed E-state index contributed by atoms with van der Waals surface area (Å²) >= 11 is 6.25. The maximum Gasteiger partial charge on any atom is 0.123 e. The molecule has 0 radical (unpaired) electrons. The van der Waals surface area contributed by atoms with E-state index in [-0.39, 0.29) is 6.04 Å². The number of piperidine rings is 1. The highest BCUT2D eigenvalue weighted by Gasteiger charge is 2.22. The predicted molar refractivity (Wildman–Crippen MR) is 96.3 cm³/mol. The second-order valence-corrected chi connectivity index (χ2v) is 6.94. The molecule has 2 N–H and O–H groups in total. The van der Waals surface area contributed by atoms with Crippen LogP contribution in [-0.4, -0.2) is 29.1 Å². The number of aryl methyl sites for hydroxylation is 2. The van der Waals surface area contributed by atoms with Crippen LogP contribution in [0.25, 0.3) is 0 Å². The van der Waals surface area contributed by atoms with Gasteiger partial charge in [0, 0.05) is 41.7 Å². The topological polar surface area (TPSA) is 44.0 Å². The van der Waals surface area contributed by atoms with Gasteiger partial charge in [0.15, 0.2) is 0 Å². The normalized spacial score (nSPS) is 17.5. The number of benzene rings is 1. The van der Waals surface area contributed by atoms with Crippen LogP contribution < -0.4 is 10.2 Å². The number of hydrogen-bond donors (Lipinski definition) is 2. The van der Waals surface area contributed by atoms with Gasteiger partial charge >= 0.3 is 0 Å². The number of rotatable bonds is 4. The third-order valence-corrected chi connectivity index (χ3v) is 5.04. The molecule has 0 saturated carbocycles. The van der Waals surface area contributed by atoms with Crippen molar-refractivity contribution < 1.29 is 0 Å². The summed E-state index contributed by atoms with van der Waals surface area (Å²) in [4.78, 5) is 10.2. The highest BCUT2D eigenvalue weighted by Crippen LogP contribution is 2.26. The first-order valence-electron chi connectivity index (χ1n) is 8.31. The molecule has 1 aliphatic heterocycles. The third kappa shape index (κ3) is 3.88. The van der Waals surface area contributed by atoms with E-state index in [1.807, 2.05) is 20.0 Å². The summed E-state index contributed by atoms with van der Waals surface area (Å²) in [6.45, 7) is 8.36. The van der Waals surface area contributed by atoms with Gasteiger partial charge in [-0.1, -0.05) is 17.7 Å². The van der Waals surface area contributed by atoms with Crippen LogP contribution in [0, 0.1) is 13.8 Å². The summed E-state index contributed by atoms with van der Waals surface area (Å²) in [5, 5.41) is 4.55. The average molecular weight is 333 g/mol. The molecular formula is C18H25ClN4. The largest absolute Gasteiger partial charge is 0.371 e. The molecule has 0 aliphatic carbocycles. The van der Waals surface area contributed by atoms with E-state index in [2.05, 4.69) is 45.3 Å². The van der Waals surface area contributed by atoms with Gasteiger partial charge in [-0.3, -0.25) is 0 Å². The Kier molecular flexibility index (Phi) is 4.93. The predicted octanol–water partition coefficient (Wildman–Crippen LogP) is 4.00. The van der Waals surface area contributed by atoms with E-state index < -0.39 is 0 Å². The summed E-state index contributed by atoms with van der Waals surface area (Å²) in [5.41, 5.74) is 3.48. The minimum atomic E-state index is 0.258. The van der Waals surface area contributed by atoms with E-state index >= 15 is 0 Å². The number of nitrogens with zero attached hydrogens (tertiary/aromatic N) is 2. The molecule has 0 bridgehead atoms. The van der Waals surface area contributed by atoms with Crippen LogP contribution in [0.1, 0.15) is 42.9 Å². The minimum absolute atomic E-state index is 0.258. The highest BCUT2D eigenvalue weighted by molar-refractivity contribution is 6.31. The molecule has 4 nitrogen and oxygen atoms in total. The monoisotopic (exact) mass is 332 g/mol. The van der Waals surface area contributed by atoms with Gasteiger partial charge in [-0.05, 0) is 51.3 Å². The van der Waals surface area contributed by atoms with Gasteiger partial charge in [0.05, 0.1) is 6.04 Å². The molecule has 0 spiro atoms. The number of aromatic nitrogens is 2. The van der Waals surface area contributed by atoms with Crippen LogP contribution in [0.2, 0.25) is 5.02 Å². The van der Waals surface area contributed by atoms with Gasteiger partial charge in [-0.25, -0.2) is 4.98 Å². The Labute approximate surface area is 143 Å². The SMILES string of the molecule is Cc1cnc(C(C)NC2CCN(c3ccc(C)c(Cl)c3)CC2)[nH]1. The van der Waals surface area contributed by atoms with E-state index in [1.54, 1.807) is 0 Å². The first-order valence-corrected chi connectivity index (χ1v) is 8.69. The molecule has 23 heavy (non-hydrogen) atoms. The van der Waals surface area contributed by atoms with E-state index in [1.165, 1.54) is 5.69 Å². The molecular weight excluding hydrogens is 308 g/mol. The molecule has 5 heteroatoms. The Hall–Kier alpha value is -1.52. The van der Waals surface area contributed by atoms with E-state index in [9.17, 15) is 0 Å². The van der Waals surface area contributed by atoms with Crippen molar-refractivity contribution >= 4 is 17.3 Å². The zero-order valence-electron chi connectivity index (χ0n) is 14.1. The number of anilines is 1. The van der Waals surface area contributed by atoms with Gasteiger partial charge in [0.1, 0.15) is 5.82 Å². The Morgan fingerprint density at radius 1 is 1.30 bits per heavy atom. The summed E-state index contributed by atoms with van der Waals surface area (Å²) in [5.74, 6) is 1.02. The van der Waals surface area contributed by atoms with Gasteiger partial charge in [-0.2, -0.15) is 0 Å². The molecule has 1 fully saturated rings. The lowest BCUT2D eigenvalue weighted by molar-refractivity contribution is 0.374. The number of halogens is 1. The highest BCUT2D eigenvalue weighted by atomic mass is 35.5. The fraction of sp³-hybridized carbons (Fsp3) is 0.500. The van der Waals surface area contributed by atoms with Crippen molar-refractivity contribution in [3.63, 3.8) is 0 Å². The van der Waals surface area contributed by atoms with Crippen LogP contribution in [0.5, 0.6) is 0 Å². The van der Waals surface area contributed by atoms with Gasteiger partial charge in [-0.15, -0.1) is 0 Å². The molecule has 1 aromatic heterocycles. The quantitative estimate of drug-likeness (QED) is 0.889. The number of aromatic amines is 1. The van der Waals surface area contributed by atoms with Gasteiger partial charge in [0.25, 0.3) is 0 Å². The summed E-state index contributed by atoms with van der Waals surface area (Å²) < 4.78 is 0. The Morgan fingerprint density at radius 3 is 2.65 bits per heavy atom. The van der Waals surface area contributed by atoms with Crippen molar-refractivity contribution in [2.45, 2.75) is 45.7 Å². The van der Waals surface area contributed by atoms with Crippen molar-refractivity contribution in [3.05, 3.63) is 46.5 Å². The molecule has 1 aliphatic rings. The lowest BCUT2D eigenvalue weighted by Gasteiger charge is -2.35.